The van der Waals surface area contributed by atoms with Gasteiger partial charge in [-0.15, -0.1) is 0 Å². The van der Waals surface area contributed by atoms with Crippen LogP contribution in [0.25, 0.3) is 0 Å². The molecule has 4 rings (SSSR count). The molecule has 3 aliphatic heterocycles. The van der Waals surface area contributed by atoms with Crippen LogP contribution in [0.3, 0.4) is 0 Å². The van der Waals surface area contributed by atoms with Crippen molar-refractivity contribution in [1.29, 1.82) is 0 Å². The fourth-order valence-corrected chi connectivity index (χ4v) is 11.2. The Hall–Kier alpha value is -2.97. The molecule has 81 heavy (non-hydrogen) atoms. The van der Waals surface area contributed by atoms with Crippen LogP contribution in [0.15, 0.2) is 47.6 Å². The summed E-state index contributed by atoms with van der Waals surface area (Å²) in [5.74, 6) is -11.5. The summed E-state index contributed by atoms with van der Waals surface area (Å²) < 4.78 is 45.8. The van der Waals surface area contributed by atoms with Gasteiger partial charge < -0.3 is 53.0 Å². The normalized spacial score (nSPS) is 34.4. The van der Waals surface area contributed by atoms with Gasteiger partial charge in [0.1, 0.15) is 54.9 Å². The van der Waals surface area contributed by atoms with E-state index in [9.17, 15) is 48.6 Å². The number of fused-ring (bicyclic) bond motifs is 3. The Morgan fingerprint density at radius 2 is 1.48 bits per heavy atom. The first-order chi connectivity index (χ1) is 37.2. The van der Waals surface area contributed by atoms with Crippen molar-refractivity contribution in [3.8, 4) is 0 Å². The Balaban J connectivity index is 0.0000112. The molecule has 0 aromatic heterocycles. The van der Waals surface area contributed by atoms with Crippen molar-refractivity contribution in [2.45, 2.75) is 187 Å². The number of carbonyl (C=O) groups excluding carboxylic acids is 8. The van der Waals surface area contributed by atoms with E-state index in [1.807, 2.05) is 51.2 Å². The molecule has 2 radical (unpaired) electrons. The summed E-state index contributed by atoms with van der Waals surface area (Å²) in [6, 6.07) is -1.23. The van der Waals surface area contributed by atoms with Gasteiger partial charge in [0.05, 0.1) is 18.3 Å². The predicted octanol–water partition coefficient (Wildman–Crippen LogP) is 6.49. The number of aliphatic hydroxyl groups excluding tert-OH is 1. The monoisotopic (exact) mass is 1290 g/mol. The van der Waals surface area contributed by atoms with E-state index in [0.717, 1.165) is 10.5 Å². The number of methoxy groups -OCH3 is 3. The molecule has 2 saturated heterocycles. The van der Waals surface area contributed by atoms with Gasteiger partial charge in [0, 0.05) is 124 Å². The van der Waals surface area contributed by atoms with Crippen LogP contribution >= 0.6 is 0 Å². The van der Waals surface area contributed by atoms with E-state index < -0.39 is 132 Å². The second-order valence-electron chi connectivity index (χ2n) is 22.8. The molecule has 4 aliphatic rings. The number of piperidine rings is 1. The molecule has 2 bridgehead atoms. The molecule has 15 atom stereocenters. The topological polar surface area (TPSA) is 254 Å². The van der Waals surface area contributed by atoms with E-state index in [1.54, 1.807) is 40.9 Å². The fourth-order valence-electron chi connectivity index (χ4n) is 11.2. The molecular weight excluding hydrogens is 1200 g/mol. The molecule has 2 N–H and O–H groups in total. The van der Waals surface area contributed by atoms with Gasteiger partial charge in [-0.3, -0.25) is 47.4 Å². The summed E-state index contributed by atoms with van der Waals surface area (Å²) in [4.78, 5) is 110. The first kappa shape index (κ1) is 74.1. The first-order valence-electron chi connectivity index (χ1n) is 27.9. The number of ketones is 3. The molecule has 0 aromatic carbocycles. The van der Waals surface area contributed by atoms with Gasteiger partial charge >= 0.3 is 11.9 Å². The van der Waals surface area contributed by atoms with Crippen LogP contribution in [0.5, 0.6) is 0 Å². The van der Waals surface area contributed by atoms with Crippen molar-refractivity contribution in [2.75, 3.05) is 41.1 Å². The average molecular weight is 1290 g/mol. The van der Waals surface area contributed by atoms with E-state index >= 15 is 0 Å². The summed E-state index contributed by atoms with van der Waals surface area (Å²) in [6.07, 6.45) is 8.98. The number of allylic oxidation sites excluding steroid dienone is 6. The second-order valence-corrected chi connectivity index (χ2v) is 22.8. The van der Waals surface area contributed by atoms with Gasteiger partial charge in [0.15, 0.2) is 17.7 Å². The third-order valence-corrected chi connectivity index (χ3v) is 16.3. The number of rotatable bonds is 12. The number of hydrogen-bond acceptors (Lipinski definition) is 18. The maximum Gasteiger partial charge on any atom is 0.329 e. The Labute approximate surface area is 530 Å². The maximum absolute atomic E-state index is 14.6. The number of esters is 4. The van der Waals surface area contributed by atoms with Crippen molar-refractivity contribution in [2.24, 2.45) is 40.9 Å². The number of amides is 1. The first-order valence-corrected chi connectivity index (χ1v) is 27.9. The zero-order valence-electron chi connectivity index (χ0n) is 49.6. The zero-order chi connectivity index (χ0) is 58.9. The van der Waals surface area contributed by atoms with E-state index in [0.29, 0.717) is 63.4 Å². The molecule has 0 spiro atoms. The van der Waals surface area contributed by atoms with Gasteiger partial charge in [-0.1, -0.05) is 71.1 Å². The number of aliphatic hydroxyl groups is 2. The maximum atomic E-state index is 14.6. The van der Waals surface area contributed by atoms with Crippen molar-refractivity contribution >= 4 is 47.1 Å². The standard InChI is InChI=1S/C60H89NO18.2Y/c1-35-19-15-14-16-20-36(2)49(72-11)31-45-24-22-41(7)60(71,79-45)55(67)56(68)61-26-18-17-21-46(61)57(69)77-50(32-47(64)37(3)28-40(6)53(66)54(74-13)52(65)39(5)27-35)38(4)29-44-23-25-48(51(30-44)73-12)78-58(70)59(10,33-75-42(8)62)34-76-43(9)63;;/h14-16,19-20,28,35,37-39,41,44-46,48-51,53-54,66,71H,8-9,17-18,21-27,29-34H2,1-7,10-13H3;;/q-2;;/b16-14+,19-15+,36-20+,40-28+;;/t35-,37-,38-,39-,41-,44+,45+,46+,48-,49+,50+,51-,53-,54+,60-;;/m1../s1. The van der Waals surface area contributed by atoms with Crippen LogP contribution in [0.4, 0.5) is 0 Å². The summed E-state index contributed by atoms with van der Waals surface area (Å²) in [6.45, 7) is 19.2. The van der Waals surface area contributed by atoms with Gasteiger partial charge in [0.2, 0.25) is 5.79 Å². The van der Waals surface area contributed by atoms with Crippen LogP contribution in [0.1, 0.15) is 132 Å². The van der Waals surface area contributed by atoms with Gasteiger partial charge in [-0.05, 0) is 114 Å². The average Bonchev–Trinajstić information content (AvgIpc) is 3.41. The number of hydrogen-bond donors (Lipinski definition) is 2. The van der Waals surface area contributed by atoms with Crippen LogP contribution in [-0.4, -0.2) is 158 Å². The summed E-state index contributed by atoms with van der Waals surface area (Å²) in [5, 5.41) is 23.6. The van der Waals surface area contributed by atoms with Crippen molar-refractivity contribution in [1.82, 2.24) is 4.90 Å². The Bertz CT molecular complexity index is 2250. The van der Waals surface area contributed by atoms with Crippen LogP contribution < -0.4 is 0 Å². The third kappa shape index (κ3) is 21.2. The van der Waals surface area contributed by atoms with Gasteiger partial charge in [-0.25, -0.2) is 4.79 Å². The van der Waals surface area contributed by atoms with Gasteiger partial charge in [0.25, 0.3) is 11.7 Å². The molecule has 19 nitrogen and oxygen atoms in total. The van der Waals surface area contributed by atoms with Gasteiger partial charge in [-0.2, -0.15) is 0 Å². The summed E-state index contributed by atoms with van der Waals surface area (Å²) in [5.41, 5.74) is -0.405. The molecule has 1 saturated carbocycles. The fraction of sp³-hybridized carbons (Fsp3) is 0.700. The van der Waals surface area contributed by atoms with Crippen LogP contribution in [-0.2, 0) is 142 Å². The summed E-state index contributed by atoms with van der Waals surface area (Å²) in [7, 11) is 4.38. The third-order valence-electron chi connectivity index (χ3n) is 16.3. The van der Waals surface area contributed by atoms with E-state index in [2.05, 4.69) is 13.8 Å². The zero-order valence-corrected chi connectivity index (χ0v) is 55.3. The number of cyclic esters (lactones) is 1. The smallest absolute Gasteiger partial charge is 0.329 e. The largest absolute Gasteiger partial charge is 0.487 e. The van der Waals surface area contributed by atoms with Crippen molar-refractivity contribution in [3.05, 3.63) is 61.4 Å². The number of carbonyl (C=O) groups is 8. The number of ether oxygens (including phenoxy) is 8. The molecular formula is C60H89NO18Y2-2. The minimum absolute atomic E-state index is 0. The Kier molecular flexibility index (Phi) is 31.9. The Morgan fingerprint density at radius 3 is 2.09 bits per heavy atom. The number of nitrogens with zero attached hydrogens (tertiary/aromatic N) is 1. The molecule has 0 unspecified atom stereocenters. The Morgan fingerprint density at radius 1 is 0.827 bits per heavy atom. The molecule has 3 fully saturated rings. The van der Waals surface area contributed by atoms with E-state index in [-0.39, 0.29) is 115 Å². The predicted molar refractivity (Wildman–Crippen MR) is 290 cm³/mol. The van der Waals surface area contributed by atoms with E-state index in [1.165, 1.54) is 21.1 Å². The minimum Gasteiger partial charge on any atom is -0.487 e. The molecule has 0 aromatic rings. The summed E-state index contributed by atoms with van der Waals surface area (Å²) >= 11 is 0. The molecule has 1 amide bonds. The molecule has 450 valence electrons. The van der Waals surface area contributed by atoms with Crippen molar-refractivity contribution < 1.29 is 152 Å². The molecule has 21 heteroatoms. The SMILES string of the molecule is [CH2-]C(=O)OCC(C)(COC([CH2-])=O)C(=O)O[C@@H]1CC[C@@H](C[C@@H](C)[C@@H]2CC(=O)[C@H](C)/C=C(\C)[C@@H](O)[C@@H](OC)C(=O)[C@H](C)C[C@H](C)/C=C/C=C/C=C(\C)[C@@H](OC)C[C@@H]3CC[C@@H](C)[C@@](O)(O3)C(=O)C(=O)N3CCCC[C@H]3C(=O)O2)C[C@H]1OC.[Y].[Y]. The van der Waals surface area contributed by atoms with Crippen molar-refractivity contribution in [3.63, 3.8) is 0 Å². The van der Waals surface area contributed by atoms with E-state index in [4.69, 9.17) is 37.9 Å². The molecule has 3 heterocycles. The minimum atomic E-state index is -2.49. The van der Waals surface area contributed by atoms with Crippen LogP contribution in [0, 0.1) is 54.8 Å². The number of Topliss-reactive ketones (excluding diaryl/α,β-unsaturated/α-hetero) is 3. The molecule has 1 aliphatic carbocycles. The van der Waals surface area contributed by atoms with Crippen LogP contribution in [0.2, 0.25) is 0 Å². The quantitative estimate of drug-likeness (QED) is 0.0696. The second kappa shape index (κ2) is 34.9.